The third-order valence-corrected chi connectivity index (χ3v) is 4.61. The molecule has 0 radical (unpaired) electrons. The Kier molecular flexibility index (Phi) is 5.68. The Labute approximate surface area is 160 Å². The number of amides is 1. The number of nitrogens with two attached hydrogens (primary N) is 1. The van der Waals surface area contributed by atoms with Gasteiger partial charge in [-0.25, -0.2) is 0 Å². The molecule has 6 heteroatoms. The second kappa shape index (κ2) is 7.98. The van der Waals surface area contributed by atoms with Crippen LogP contribution >= 0.6 is 0 Å². The molecule has 1 heterocycles. The van der Waals surface area contributed by atoms with Crippen molar-refractivity contribution in [3.8, 4) is 0 Å². The van der Waals surface area contributed by atoms with Crippen LogP contribution in [-0.4, -0.2) is 47.2 Å². The first-order valence-electron chi connectivity index (χ1n) is 9.27. The van der Waals surface area contributed by atoms with E-state index >= 15 is 0 Å². The average molecular weight is 368 g/mol. The molecule has 1 amide bonds. The first kappa shape index (κ1) is 19.2. The molecular formula is C21H28N4O2. The van der Waals surface area contributed by atoms with Crippen LogP contribution in [0.2, 0.25) is 0 Å². The van der Waals surface area contributed by atoms with Crippen molar-refractivity contribution in [1.29, 1.82) is 0 Å². The molecule has 0 bridgehead atoms. The summed E-state index contributed by atoms with van der Waals surface area (Å²) in [5.41, 5.74) is 7.92. The maximum absolute atomic E-state index is 12.4. The minimum absolute atomic E-state index is 0.184. The molecule has 3 rings (SSSR count). The fourth-order valence-corrected chi connectivity index (χ4v) is 3.40. The number of hydrogen-bond acceptors (Lipinski definition) is 5. The van der Waals surface area contributed by atoms with Crippen molar-refractivity contribution in [3.63, 3.8) is 0 Å². The molecule has 0 saturated carbocycles. The SMILES string of the molecule is CC(C)(O)CN1CC[C@H](Nc2ccc(C(=O)Nc3ccccc3N)cc2)C1. The standard InChI is InChI=1S/C21H28N4O2/c1-21(2,27)14-25-12-11-17(13-25)23-16-9-7-15(8-10-16)20(26)24-19-6-4-3-5-18(19)22/h3-10,17,23,27H,11-14,22H2,1-2H3,(H,24,26)/t17-/m0/s1. The van der Waals surface area contributed by atoms with E-state index < -0.39 is 5.60 Å². The van der Waals surface area contributed by atoms with Gasteiger partial charge in [0, 0.05) is 36.9 Å². The molecule has 0 aliphatic carbocycles. The highest BCUT2D eigenvalue weighted by atomic mass is 16.3. The lowest BCUT2D eigenvalue weighted by Gasteiger charge is -2.25. The summed E-state index contributed by atoms with van der Waals surface area (Å²) in [6, 6.07) is 15.0. The molecule has 0 unspecified atom stereocenters. The van der Waals surface area contributed by atoms with Gasteiger partial charge in [0.1, 0.15) is 0 Å². The van der Waals surface area contributed by atoms with E-state index in [0.29, 0.717) is 29.5 Å². The Morgan fingerprint density at radius 1 is 1.22 bits per heavy atom. The molecular weight excluding hydrogens is 340 g/mol. The van der Waals surface area contributed by atoms with Gasteiger partial charge in [-0.05, 0) is 56.7 Å². The van der Waals surface area contributed by atoms with Crippen molar-refractivity contribution in [3.05, 3.63) is 54.1 Å². The van der Waals surface area contributed by atoms with Gasteiger partial charge >= 0.3 is 0 Å². The van der Waals surface area contributed by atoms with Crippen LogP contribution in [0.25, 0.3) is 0 Å². The van der Waals surface area contributed by atoms with E-state index in [1.807, 2.05) is 38.1 Å². The number of rotatable bonds is 6. The molecule has 2 aromatic carbocycles. The van der Waals surface area contributed by atoms with Crippen LogP contribution in [0.15, 0.2) is 48.5 Å². The van der Waals surface area contributed by atoms with Crippen LogP contribution in [0.3, 0.4) is 0 Å². The number of hydrogen-bond donors (Lipinski definition) is 4. The van der Waals surface area contributed by atoms with Gasteiger partial charge in [0.05, 0.1) is 17.0 Å². The third-order valence-electron chi connectivity index (χ3n) is 4.61. The fourth-order valence-electron chi connectivity index (χ4n) is 3.40. The summed E-state index contributed by atoms with van der Waals surface area (Å²) in [4.78, 5) is 14.6. The number of nitrogen functional groups attached to an aromatic ring is 1. The van der Waals surface area contributed by atoms with Gasteiger partial charge in [-0.2, -0.15) is 0 Å². The monoisotopic (exact) mass is 368 g/mol. The Hall–Kier alpha value is -2.57. The molecule has 144 valence electrons. The van der Waals surface area contributed by atoms with Crippen LogP contribution in [0, 0.1) is 0 Å². The van der Waals surface area contributed by atoms with E-state index in [0.717, 1.165) is 25.2 Å². The Balaban J connectivity index is 1.55. The van der Waals surface area contributed by atoms with Crippen molar-refractivity contribution in [2.75, 3.05) is 36.0 Å². The van der Waals surface area contributed by atoms with Gasteiger partial charge in [-0.1, -0.05) is 12.1 Å². The lowest BCUT2D eigenvalue weighted by atomic mass is 10.1. The topological polar surface area (TPSA) is 90.6 Å². The predicted octanol–water partition coefficient (Wildman–Crippen LogP) is 2.78. The van der Waals surface area contributed by atoms with Crippen LogP contribution in [-0.2, 0) is 0 Å². The highest BCUT2D eigenvalue weighted by Gasteiger charge is 2.26. The number of likely N-dealkylation sites (tertiary alicyclic amines) is 1. The van der Waals surface area contributed by atoms with E-state index in [4.69, 9.17) is 5.73 Å². The van der Waals surface area contributed by atoms with E-state index in [2.05, 4.69) is 15.5 Å². The molecule has 5 N–H and O–H groups in total. The maximum atomic E-state index is 12.4. The summed E-state index contributed by atoms with van der Waals surface area (Å²) >= 11 is 0. The van der Waals surface area contributed by atoms with Crippen molar-refractivity contribution < 1.29 is 9.90 Å². The van der Waals surface area contributed by atoms with Gasteiger partial charge in [-0.3, -0.25) is 9.69 Å². The van der Waals surface area contributed by atoms with Gasteiger partial charge in [0.2, 0.25) is 0 Å². The molecule has 1 atom stereocenters. The number of carbonyl (C=O) groups excluding carboxylic acids is 1. The molecule has 1 aliphatic rings. The average Bonchev–Trinajstić information content (AvgIpc) is 3.02. The van der Waals surface area contributed by atoms with Crippen molar-refractivity contribution >= 4 is 23.0 Å². The highest BCUT2D eigenvalue weighted by molar-refractivity contribution is 6.05. The normalized spacial score (nSPS) is 17.7. The Morgan fingerprint density at radius 2 is 1.93 bits per heavy atom. The van der Waals surface area contributed by atoms with Gasteiger partial charge < -0.3 is 21.5 Å². The van der Waals surface area contributed by atoms with Gasteiger partial charge in [0.25, 0.3) is 5.91 Å². The van der Waals surface area contributed by atoms with Crippen LogP contribution in [0.1, 0.15) is 30.6 Å². The van der Waals surface area contributed by atoms with Crippen LogP contribution in [0.4, 0.5) is 17.1 Å². The quantitative estimate of drug-likeness (QED) is 0.589. The summed E-state index contributed by atoms with van der Waals surface area (Å²) in [6.45, 7) is 6.22. The third kappa shape index (κ3) is 5.45. The Morgan fingerprint density at radius 3 is 2.59 bits per heavy atom. The van der Waals surface area contributed by atoms with Crippen LogP contribution < -0.4 is 16.4 Å². The van der Waals surface area contributed by atoms with Crippen molar-refractivity contribution in [2.24, 2.45) is 0 Å². The minimum Gasteiger partial charge on any atom is -0.397 e. The zero-order valence-electron chi connectivity index (χ0n) is 15.9. The first-order chi connectivity index (χ1) is 12.8. The lowest BCUT2D eigenvalue weighted by Crippen LogP contribution is -2.38. The van der Waals surface area contributed by atoms with Crippen LogP contribution in [0.5, 0.6) is 0 Å². The van der Waals surface area contributed by atoms with E-state index in [9.17, 15) is 9.90 Å². The van der Waals surface area contributed by atoms with Gasteiger partial charge in [-0.15, -0.1) is 0 Å². The number of nitrogens with zero attached hydrogens (tertiary/aromatic N) is 1. The second-order valence-corrected chi connectivity index (χ2v) is 7.80. The van der Waals surface area contributed by atoms with Crippen molar-refractivity contribution in [1.82, 2.24) is 4.90 Å². The first-order valence-corrected chi connectivity index (χ1v) is 9.27. The number of benzene rings is 2. The zero-order chi connectivity index (χ0) is 19.4. The predicted molar refractivity (Wildman–Crippen MR) is 110 cm³/mol. The Bertz CT molecular complexity index is 784. The summed E-state index contributed by atoms with van der Waals surface area (Å²) in [5.74, 6) is -0.184. The summed E-state index contributed by atoms with van der Waals surface area (Å²) in [6.07, 6.45) is 1.03. The molecule has 1 fully saturated rings. The molecule has 0 spiro atoms. The molecule has 2 aromatic rings. The van der Waals surface area contributed by atoms with E-state index in [-0.39, 0.29) is 5.91 Å². The fraction of sp³-hybridized carbons (Fsp3) is 0.381. The number of aliphatic hydroxyl groups is 1. The minimum atomic E-state index is -0.675. The molecule has 27 heavy (non-hydrogen) atoms. The lowest BCUT2D eigenvalue weighted by molar-refractivity contribution is 0.0437. The molecule has 1 saturated heterocycles. The van der Waals surface area contributed by atoms with E-state index in [1.165, 1.54) is 0 Å². The number of carbonyl (C=O) groups is 1. The molecule has 6 nitrogen and oxygen atoms in total. The number of para-hydroxylation sites is 2. The summed E-state index contributed by atoms with van der Waals surface area (Å²) in [5, 5.41) is 16.3. The van der Waals surface area contributed by atoms with E-state index in [1.54, 1.807) is 24.3 Å². The summed E-state index contributed by atoms with van der Waals surface area (Å²) < 4.78 is 0. The molecule has 0 aromatic heterocycles. The highest BCUT2D eigenvalue weighted by Crippen LogP contribution is 2.20. The van der Waals surface area contributed by atoms with Gasteiger partial charge in [0.15, 0.2) is 0 Å². The number of anilines is 3. The zero-order valence-corrected chi connectivity index (χ0v) is 15.9. The summed E-state index contributed by atoms with van der Waals surface area (Å²) in [7, 11) is 0. The largest absolute Gasteiger partial charge is 0.397 e. The maximum Gasteiger partial charge on any atom is 0.255 e. The van der Waals surface area contributed by atoms with Crippen molar-refractivity contribution in [2.45, 2.75) is 31.9 Å². The number of β-amino-alcohol motifs (C(OH)–C–C–N with tert-alkyl or cyclic N) is 1. The smallest absolute Gasteiger partial charge is 0.255 e. The number of nitrogens with one attached hydrogen (secondary N) is 2. The second-order valence-electron chi connectivity index (χ2n) is 7.80. The molecule has 1 aliphatic heterocycles.